The maximum Gasteiger partial charge on any atom is 0.348 e. The van der Waals surface area contributed by atoms with E-state index in [2.05, 4.69) is 15.0 Å². The van der Waals surface area contributed by atoms with Crippen LogP contribution in [0.25, 0.3) is 0 Å². The lowest BCUT2D eigenvalue weighted by Crippen LogP contribution is -2.10. The number of nitrogens with one attached hydrogen (secondary N) is 1. The van der Waals surface area contributed by atoms with Crippen molar-refractivity contribution in [3.63, 3.8) is 0 Å². The molecule has 0 bridgehead atoms. The molecule has 0 atom stereocenters. The molecule has 0 saturated heterocycles. The summed E-state index contributed by atoms with van der Waals surface area (Å²) in [5, 5.41) is 2.81. The molecule has 132 valence electrons. The number of pyridine rings is 1. The predicted molar refractivity (Wildman–Crippen MR) is 99.1 cm³/mol. The number of carbonyl (C=O) groups excluding carboxylic acids is 2. The van der Waals surface area contributed by atoms with Crippen LogP contribution in [0.2, 0.25) is 0 Å². The van der Waals surface area contributed by atoms with Gasteiger partial charge in [-0.2, -0.15) is 0 Å². The SMILES string of the molecule is COC(=O)c1ccc(C(=O)Nc2ccc(Oc3cccnc3)c(C)c2)s1. The zero-order valence-corrected chi connectivity index (χ0v) is 15.0. The van der Waals surface area contributed by atoms with Crippen molar-refractivity contribution in [3.8, 4) is 11.5 Å². The van der Waals surface area contributed by atoms with Crippen molar-refractivity contribution in [1.82, 2.24) is 4.98 Å². The van der Waals surface area contributed by atoms with E-state index in [-0.39, 0.29) is 5.91 Å². The molecular formula is C19H16N2O4S. The monoisotopic (exact) mass is 368 g/mol. The summed E-state index contributed by atoms with van der Waals surface area (Å²) in [6.45, 7) is 1.89. The average Bonchev–Trinajstić information content (AvgIpc) is 3.14. The van der Waals surface area contributed by atoms with E-state index in [0.29, 0.717) is 26.9 Å². The van der Waals surface area contributed by atoms with Gasteiger partial charge in [0.15, 0.2) is 0 Å². The molecule has 7 heteroatoms. The quantitative estimate of drug-likeness (QED) is 0.680. The van der Waals surface area contributed by atoms with Crippen LogP contribution in [-0.4, -0.2) is 24.0 Å². The number of carbonyl (C=O) groups is 2. The molecule has 1 N–H and O–H groups in total. The second-order valence-electron chi connectivity index (χ2n) is 5.38. The highest BCUT2D eigenvalue weighted by atomic mass is 32.1. The molecule has 0 saturated carbocycles. The highest BCUT2D eigenvalue weighted by Crippen LogP contribution is 2.27. The maximum absolute atomic E-state index is 12.3. The molecule has 1 aromatic carbocycles. The lowest BCUT2D eigenvalue weighted by molar-refractivity contribution is 0.0606. The molecule has 3 aromatic rings. The minimum Gasteiger partial charge on any atom is -0.465 e. The average molecular weight is 368 g/mol. The molecular weight excluding hydrogens is 352 g/mol. The number of amides is 1. The second kappa shape index (κ2) is 7.79. The van der Waals surface area contributed by atoms with E-state index in [9.17, 15) is 9.59 Å². The molecule has 2 heterocycles. The summed E-state index contributed by atoms with van der Waals surface area (Å²) in [5.74, 6) is 0.577. The number of aromatic nitrogens is 1. The topological polar surface area (TPSA) is 77.5 Å². The van der Waals surface area contributed by atoms with Crippen LogP contribution < -0.4 is 10.1 Å². The van der Waals surface area contributed by atoms with Crippen LogP contribution >= 0.6 is 11.3 Å². The van der Waals surface area contributed by atoms with Gasteiger partial charge in [-0.25, -0.2) is 4.79 Å². The molecule has 0 radical (unpaired) electrons. The maximum atomic E-state index is 12.3. The Morgan fingerprint density at radius 1 is 1.12 bits per heavy atom. The van der Waals surface area contributed by atoms with Gasteiger partial charge in [-0.05, 0) is 55.0 Å². The molecule has 6 nitrogen and oxygen atoms in total. The number of thiophene rings is 1. The fourth-order valence-corrected chi connectivity index (χ4v) is 3.06. The van der Waals surface area contributed by atoms with E-state index >= 15 is 0 Å². The fourth-order valence-electron chi connectivity index (χ4n) is 2.24. The van der Waals surface area contributed by atoms with Crippen LogP contribution in [0.15, 0.2) is 54.9 Å². The molecule has 3 rings (SSSR count). The fraction of sp³-hybridized carbons (Fsp3) is 0.105. The zero-order valence-electron chi connectivity index (χ0n) is 14.2. The number of nitrogens with zero attached hydrogens (tertiary/aromatic N) is 1. The molecule has 0 aliphatic rings. The molecule has 0 unspecified atom stereocenters. The highest BCUT2D eigenvalue weighted by Gasteiger charge is 2.14. The van der Waals surface area contributed by atoms with Gasteiger partial charge < -0.3 is 14.8 Å². The Morgan fingerprint density at radius 3 is 2.62 bits per heavy atom. The smallest absolute Gasteiger partial charge is 0.348 e. The molecule has 1 amide bonds. The standard InChI is InChI=1S/C19H16N2O4S/c1-12-10-13(5-6-15(12)25-14-4-3-9-20-11-14)21-18(22)16-7-8-17(26-16)19(23)24-2/h3-11H,1-2H3,(H,21,22). The van der Waals surface area contributed by atoms with Crippen molar-refractivity contribution >= 4 is 28.9 Å². The van der Waals surface area contributed by atoms with E-state index in [1.807, 2.05) is 19.1 Å². The normalized spacial score (nSPS) is 10.2. The number of benzene rings is 1. The van der Waals surface area contributed by atoms with Crippen LogP contribution in [0, 0.1) is 6.92 Å². The van der Waals surface area contributed by atoms with Gasteiger partial charge in [0.2, 0.25) is 0 Å². The summed E-state index contributed by atoms with van der Waals surface area (Å²) in [5.41, 5.74) is 1.51. The van der Waals surface area contributed by atoms with Gasteiger partial charge in [-0.1, -0.05) is 0 Å². The Bertz CT molecular complexity index is 938. The van der Waals surface area contributed by atoms with E-state index in [0.717, 1.165) is 16.9 Å². The van der Waals surface area contributed by atoms with Crippen LogP contribution in [0.4, 0.5) is 5.69 Å². The van der Waals surface area contributed by atoms with E-state index in [1.54, 1.807) is 42.7 Å². The third-order valence-corrected chi connectivity index (χ3v) is 4.58. The van der Waals surface area contributed by atoms with Gasteiger partial charge in [0.05, 0.1) is 18.2 Å². The predicted octanol–water partition coefficient (Wildman–Crippen LogP) is 4.28. The first kappa shape index (κ1) is 17.6. The summed E-state index contributed by atoms with van der Waals surface area (Å²) >= 11 is 1.08. The second-order valence-corrected chi connectivity index (χ2v) is 6.46. The number of methoxy groups -OCH3 is 1. The molecule has 0 fully saturated rings. The zero-order chi connectivity index (χ0) is 18.5. The van der Waals surface area contributed by atoms with Crippen LogP contribution in [0.5, 0.6) is 11.5 Å². The third kappa shape index (κ3) is 4.07. The van der Waals surface area contributed by atoms with E-state index < -0.39 is 5.97 Å². The Balaban J connectivity index is 1.70. The van der Waals surface area contributed by atoms with Crippen molar-refractivity contribution in [1.29, 1.82) is 0 Å². The number of rotatable bonds is 5. The van der Waals surface area contributed by atoms with Gasteiger partial charge in [-0.15, -0.1) is 11.3 Å². The lowest BCUT2D eigenvalue weighted by Gasteiger charge is -2.10. The van der Waals surface area contributed by atoms with Crippen molar-refractivity contribution in [3.05, 3.63) is 70.2 Å². The number of esters is 1. The first-order chi connectivity index (χ1) is 12.6. The van der Waals surface area contributed by atoms with Crippen molar-refractivity contribution in [2.75, 3.05) is 12.4 Å². The van der Waals surface area contributed by atoms with Gasteiger partial charge in [0.1, 0.15) is 16.4 Å². The summed E-state index contributed by atoms with van der Waals surface area (Å²) in [6, 6.07) is 12.1. The lowest BCUT2D eigenvalue weighted by atomic mass is 10.2. The Labute approximate surface area is 154 Å². The molecule has 0 aliphatic carbocycles. The van der Waals surface area contributed by atoms with Gasteiger partial charge >= 0.3 is 5.97 Å². The largest absolute Gasteiger partial charge is 0.465 e. The number of hydrogen-bond donors (Lipinski definition) is 1. The summed E-state index contributed by atoms with van der Waals surface area (Å²) in [4.78, 5) is 28.6. The number of ether oxygens (including phenoxy) is 2. The number of hydrogen-bond acceptors (Lipinski definition) is 6. The van der Waals surface area contributed by atoms with E-state index in [4.69, 9.17) is 4.74 Å². The molecule has 0 aliphatic heterocycles. The summed E-state index contributed by atoms with van der Waals surface area (Å²) < 4.78 is 10.4. The van der Waals surface area contributed by atoms with Gasteiger partial charge in [0.25, 0.3) is 5.91 Å². The van der Waals surface area contributed by atoms with Crippen molar-refractivity contribution < 1.29 is 19.1 Å². The molecule has 26 heavy (non-hydrogen) atoms. The first-order valence-electron chi connectivity index (χ1n) is 7.75. The number of aryl methyl sites for hydroxylation is 1. The first-order valence-corrected chi connectivity index (χ1v) is 8.56. The molecule has 0 spiro atoms. The molecule has 2 aromatic heterocycles. The van der Waals surface area contributed by atoms with Crippen LogP contribution in [0.3, 0.4) is 0 Å². The van der Waals surface area contributed by atoms with Crippen LogP contribution in [-0.2, 0) is 4.74 Å². The van der Waals surface area contributed by atoms with Gasteiger partial charge in [0, 0.05) is 11.9 Å². The minimum absolute atomic E-state index is 0.287. The summed E-state index contributed by atoms with van der Waals surface area (Å²) in [6.07, 6.45) is 3.30. The number of anilines is 1. The highest BCUT2D eigenvalue weighted by molar-refractivity contribution is 7.16. The van der Waals surface area contributed by atoms with Crippen LogP contribution in [0.1, 0.15) is 24.9 Å². The van der Waals surface area contributed by atoms with Crippen molar-refractivity contribution in [2.45, 2.75) is 6.92 Å². The third-order valence-electron chi connectivity index (χ3n) is 3.51. The Morgan fingerprint density at radius 2 is 1.92 bits per heavy atom. The summed E-state index contributed by atoms with van der Waals surface area (Å²) in [7, 11) is 1.31. The Hall–Kier alpha value is -3.19. The van der Waals surface area contributed by atoms with Crippen molar-refractivity contribution in [2.24, 2.45) is 0 Å². The Kier molecular flexibility index (Phi) is 5.28. The van der Waals surface area contributed by atoms with E-state index in [1.165, 1.54) is 7.11 Å². The minimum atomic E-state index is -0.457. The van der Waals surface area contributed by atoms with Gasteiger partial charge in [-0.3, -0.25) is 9.78 Å².